The van der Waals surface area contributed by atoms with Gasteiger partial charge in [0.2, 0.25) is 0 Å². The second-order valence-corrected chi connectivity index (χ2v) is 3.26. The molecule has 0 N–H and O–H groups in total. The van der Waals surface area contributed by atoms with E-state index >= 15 is 0 Å². The van der Waals surface area contributed by atoms with Gasteiger partial charge >= 0.3 is 12.1 Å². The van der Waals surface area contributed by atoms with Crippen molar-refractivity contribution >= 4 is 17.7 Å². The third kappa shape index (κ3) is 3.46. The Morgan fingerprint density at radius 1 is 1.25 bits per heavy atom. The molecule has 1 rings (SSSR count). The van der Waals surface area contributed by atoms with Crippen molar-refractivity contribution in [3.05, 3.63) is 46.5 Å². The van der Waals surface area contributed by atoms with Gasteiger partial charge in [0, 0.05) is 17.0 Å². The minimum atomic E-state index is -2.56. The van der Waals surface area contributed by atoms with Crippen molar-refractivity contribution in [2.45, 2.75) is 4.90 Å². The van der Waals surface area contributed by atoms with Crippen LogP contribution in [0.4, 0.5) is 18.9 Å². The topological polar surface area (TPSA) is 52.4 Å². The molecule has 0 fully saturated rings. The standard InChI is InChI=1S/C8H4F3NO3S/c9-7(10)8(11)15-16-6-3-1-5(2-4-6)12(13)14/h1-4H. The zero-order valence-electron chi connectivity index (χ0n) is 7.52. The average Bonchev–Trinajstić information content (AvgIpc) is 2.26. The molecule has 0 aliphatic heterocycles. The molecule has 1 aromatic carbocycles. The normalized spacial score (nSPS) is 9.69. The van der Waals surface area contributed by atoms with E-state index < -0.39 is 17.0 Å². The quantitative estimate of drug-likeness (QED) is 0.354. The number of halogens is 3. The minimum absolute atomic E-state index is 0.156. The van der Waals surface area contributed by atoms with Gasteiger partial charge in [-0.3, -0.25) is 10.1 Å². The lowest BCUT2D eigenvalue weighted by atomic mass is 10.3. The molecule has 0 atom stereocenters. The number of nitro benzene ring substituents is 1. The van der Waals surface area contributed by atoms with Gasteiger partial charge in [-0.2, -0.15) is 13.2 Å². The third-order valence-electron chi connectivity index (χ3n) is 1.41. The molecular formula is C8H4F3NO3S. The summed E-state index contributed by atoms with van der Waals surface area (Å²) in [5, 5.41) is 10.3. The maximum Gasteiger partial charge on any atom is 0.351 e. The second kappa shape index (κ2) is 5.40. The van der Waals surface area contributed by atoms with E-state index in [-0.39, 0.29) is 10.6 Å². The molecule has 16 heavy (non-hydrogen) atoms. The lowest BCUT2D eigenvalue weighted by molar-refractivity contribution is -0.384. The molecule has 0 saturated carbocycles. The van der Waals surface area contributed by atoms with Crippen molar-refractivity contribution in [2.24, 2.45) is 0 Å². The first kappa shape index (κ1) is 12.4. The molecule has 8 heteroatoms. The van der Waals surface area contributed by atoms with E-state index in [1.807, 2.05) is 0 Å². The summed E-state index contributed by atoms with van der Waals surface area (Å²) in [5.74, 6) is 0. The van der Waals surface area contributed by atoms with Gasteiger partial charge < -0.3 is 4.18 Å². The van der Waals surface area contributed by atoms with E-state index in [2.05, 4.69) is 4.18 Å². The number of nitro groups is 1. The van der Waals surface area contributed by atoms with Gasteiger partial charge in [0.15, 0.2) is 0 Å². The Labute approximate surface area is 92.1 Å². The van der Waals surface area contributed by atoms with Crippen LogP contribution in [0.3, 0.4) is 0 Å². The van der Waals surface area contributed by atoms with Crippen LogP contribution in [0.15, 0.2) is 41.3 Å². The van der Waals surface area contributed by atoms with Gasteiger partial charge in [0.1, 0.15) is 0 Å². The number of hydrogen-bond donors (Lipinski definition) is 0. The van der Waals surface area contributed by atoms with Gasteiger partial charge in [-0.15, -0.1) is 0 Å². The third-order valence-corrected chi connectivity index (χ3v) is 2.10. The van der Waals surface area contributed by atoms with Gasteiger partial charge in [0.05, 0.1) is 17.0 Å². The fourth-order valence-corrected chi connectivity index (χ4v) is 1.22. The Balaban J connectivity index is 2.63. The predicted octanol–water partition coefficient (Wildman–Crippen LogP) is 3.65. The first-order chi connectivity index (χ1) is 7.50. The van der Waals surface area contributed by atoms with E-state index in [1.54, 1.807) is 0 Å². The van der Waals surface area contributed by atoms with Crippen LogP contribution >= 0.6 is 12.0 Å². The first-order valence-electron chi connectivity index (χ1n) is 3.80. The number of hydrogen-bond acceptors (Lipinski definition) is 4. The zero-order valence-corrected chi connectivity index (χ0v) is 8.34. The molecule has 0 saturated heterocycles. The van der Waals surface area contributed by atoms with E-state index in [4.69, 9.17) is 0 Å². The summed E-state index contributed by atoms with van der Waals surface area (Å²) in [6, 6.07) is 2.83. The van der Waals surface area contributed by atoms with Gasteiger partial charge in [-0.05, 0) is 12.1 Å². The summed E-state index contributed by atoms with van der Waals surface area (Å²) in [6.07, 6.45) is -2.56. The highest BCUT2D eigenvalue weighted by atomic mass is 32.2. The summed E-state index contributed by atoms with van der Waals surface area (Å²) >= 11 is 0.342. The molecule has 0 heterocycles. The number of nitrogens with zero attached hydrogens (tertiary/aromatic N) is 1. The van der Waals surface area contributed by atoms with Crippen LogP contribution in [0.1, 0.15) is 0 Å². The van der Waals surface area contributed by atoms with E-state index in [1.165, 1.54) is 12.1 Å². The maximum absolute atomic E-state index is 12.2. The number of benzene rings is 1. The molecular weight excluding hydrogens is 247 g/mol. The Morgan fingerprint density at radius 2 is 1.81 bits per heavy atom. The second-order valence-electron chi connectivity index (χ2n) is 2.45. The van der Waals surface area contributed by atoms with Crippen LogP contribution in [-0.2, 0) is 4.18 Å². The summed E-state index contributed by atoms with van der Waals surface area (Å²) in [5.41, 5.74) is -0.156. The average molecular weight is 251 g/mol. The Kier molecular flexibility index (Phi) is 4.18. The molecule has 86 valence electrons. The predicted molar refractivity (Wildman–Crippen MR) is 50.4 cm³/mol. The largest absolute Gasteiger partial charge is 0.387 e. The minimum Gasteiger partial charge on any atom is -0.387 e. The molecule has 0 aromatic heterocycles. The highest BCUT2D eigenvalue weighted by molar-refractivity contribution is 7.94. The molecule has 1 aromatic rings. The van der Waals surface area contributed by atoms with Crippen molar-refractivity contribution in [1.29, 1.82) is 0 Å². The van der Waals surface area contributed by atoms with Gasteiger partial charge in [0.25, 0.3) is 5.69 Å². The lowest BCUT2D eigenvalue weighted by Crippen LogP contribution is -1.86. The zero-order chi connectivity index (χ0) is 12.1. The van der Waals surface area contributed by atoms with Crippen LogP contribution in [0.5, 0.6) is 0 Å². The summed E-state index contributed by atoms with van der Waals surface area (Å²) in [4.78, 5) is 9.92. The Bertz CT molecular complexity index is 417. The molecule has 0 aliphatic rings. The Hall–Kier alpha value is -1.70. The molecule has 0 amide bonds. The molecule has 4 nitrogen and oxygen atoms in total. The first-order valence-corrected chi connectivity index (χ1v) is 4.54. The van der Waals surface area contributed by atoms with Crippen LogP contribution in [-0.4, -0.2) is 4.92 Å². The van der Waals surface area contributed by atoms with Gasteiger partial charge in [-0.25, -0.2) is 0 Å². The maximum atomic E-state index is 12.2. The highest BCUT2D eigenvalue weighted by Gasteiger charge is 2.09. The molecule has 0 bridgehead atoms. The Morgan fingerprint density at radius 3 is 2.25 bits per heavy atom. The molecule has 0 radical (unpaired) electrons. The SMILES string of the molecule is O=[N+]([O-])c1ccc(SOC(F)=C(F)F)cc1. The smallest absolute Gasteiger partial charge is 0.351 e. The number of non-ortho nitro benzene ring substituents is 1. The highest BCUT2D eigenvalue weighted by Crippen LogP contribution is 2.26. The van der Waals surface area contributed by atoms with Gasteiger partial charge in [-0.1, -0.05) is 0 Å². The van der Waals surface area contributed by atoms with E-state index in [0.29, 0.717) is 12.0 Å². The molecule has 0 aliphatic carbocycles. The van der Waals surface area contributed by atoms with Crippen LogP contribution < -0.4 is 0 Å². The molecule has 0 unspecified atom stereocenters. The monoisotopic (exact) mass is 251 g/mol. The van der Waals surface area contributed by atoms with E-state index in [9.17, 15) is 23.3 Å². The molecule has 0 spiro atoms. The van der Waals surface area contributed by atoms with Crippen molar-refractivity contribution in [1.82, 2.24) is 0 Å². The summed E-state index contributed by atoms with van der Waals surface area (Å²) in [6.45, 7) is 0. The summed E-state index contributed by atoms with van der Waals surface area (Å²) < 4.78 is 39.4. The fourth-order valence-electron chi connectivity index (χ4n) is 0.740. The summed E-state index contributed by atoms with van der Waals surface area (Å²) in [7, 11) is 0. The fraction of sp³-hybridized carbons (Fsp3) is 0. The van der Waals surface area contributed by atoms with Crippen LogP contribution in [0.25, 0.3) is 0 Å². The van der Waals surface area contributed by atoms with Crippen molar-refractivity contribution in [2.75, 3.05) is 0 Å². The number of rotatable bonds is 4. The van der Waals surface area contributed by atoms with Crippen molar-refractivity contribution in [3.8, 4) is 0 Å². The van der Waals surface area contributed by atoms with E-state index in [0.717, 1.165) is 12.1 Å². The lowest BCUT2D eigenvalue weighted by Gasteiger charge is -1.99. The van der Waals surface area contributed by atoms with Crippen LogP contribution in [0, 0.1) is 10.1 Å². The van der Waals surface area contributed by atoms with Crippen LogP contribution in [0.2, 0.25) is 0 Å². The van der Waals surface area contributed by atoms with Crippen molar-refractivity contribution < 1.29 is 22.3 Å². The van der Waals surface area contributed by atoms with Crippen molar-refractivity contribution in [3.63, 3.8) is 0 Å².